The van der Waals surface area contributed by atoms with Crippen molar-refractivity contribution in [2.75, 3.05) is 26.2 Å². The van der Waals surface area contributed by atoms with E-state index in [4.69, 9.17) is 4.74 Å². The molecule has 1 saturated heterocycles. The van der Waals surface area contributed by atoms with Crippen molar-refractivity contribution in [3.05, 3.63) is 70.1 Å². The lowest BCUT2D eigenvalue weighted by Crippen LogP contribution is -3.15. The second-order valence-corrected chi connectivity index (χ2v) is 7.72. The molecule has 146 valence electrons. The van der Waals surface area contributed by atoms with Crippen LogP contribution in [0.5, 0.6) is 0 Å². The number of hydrogen-bond acceptors (Lipinski definition) is 3. The lowest BCUT2D eigenvalue weighted by Gasteiger charge is -2.40. The summed E-state index contributed by atoms with van der Waals surface area (Å²) in [7, 11) is 0. The van der Waals surface area contributed by atoms with Gasteiger partial charge in [0.25, 0.3) is 5.56 Å². The van der Waals surface area contributed by atoms with Gasteiger partial charge in [-0.05, 0) is 18.1 Å². The highest BCUT2D eigenvalue weighted by molar-refractivity contribution is 5.15. The maximum atomic E-state index is 12.1. The molecule has 1 aromatic carbocycles. The quantitative estimate of drug-likeness (QED) is 0.570. The number of piperidine rings is 1. The van der Waals surface area contributed by atoms with E-state index in [0.29, 0.717) is 31.6 Å². The molecule has 5 nitrogen and oxygen atoms in total. The average molecular weight is 391 g/mol. The van der Waals surface area contributed by atoms with Crippen LogP contribution in [0, 0.1) is 5.92 Å². The third-order valence-electron chi connectivity index (χ3n) is 5.62. The average Bonchev–Trinajstić information content (AvgIpc) is 2.63. The molecule has 27 heavy (non-hydrogen) atoms. The maximum Gasteiger partial charge on any atom is 0.250 e. The molecule has 2 bridgehead atoms. The van der Waals surface area contributed by atoms with Crippen LogP contribution >= 0.6 is 0 Å². The molecule has 6 heteroatoms. The summed E-state index contributed by atoms with van der Waals surface area (Å²) in [5.74, 6) is 0.942. The normalized spacial score (nSPS) is 24.6. The van der Waals surface area contributed by atoms with Crippen molar-refractivity contribution in [2.24, 2.45) is 5.92 Å². The summed E-state index contributed by atoms with van der Waals surface area (Å²) in [6, 6.07) is 15.7. The smallest absolute Gasteiger partial charge is 0.250 e. The van der Waals surface area contributed by atoms with Gasteiger partial charge >= 0.3 is 0 Å². The molecule has 2 aliphatic heterocycles. The fourth-order valence-corrected chi connectivity index (χ4v) is 4.57. The number of nitrogens with zero attached hydrogens (tertiary/aromatic N) is 1. The number of nitrogens with one attached hydrogen (secondary N) is 1. The van der Waals surface area contributed by atoms with E-state index in [1.54, 1.807) is 6.07 Å². The predicted molar refractivity (Wildman–Crippen MR) is 99.2 cm³/mol. The van der Waals surface area contributed by atoms with Crippen LogP contribution in [0.3, 0.4) is 0 Å². The number of aliphatic hydroxyl groups excluding tert-OH is 1. The molecule has 2 aliphatic rings. The zero-order valence-corrected chi connectivity index (χ0v) is 16.1. The van der Waals surface area contributed by atoms with Crippen LogP contribution in [0.1, 0.15) is 23.6 Å². The van der Waals surface area contributed by atoms with Crippen LogP contribution in [-0.2, 0) is 17.9 Å². The van der Waals surface area contributed by atoms with E-state index in [2.05, 4.69) is 6.07 Å². The number of aromatic nitrogens is 1. The van der Waals surface area contributed by atoms with Crippen LogP contribution in [0.25, 0.3) is 0 Å². The Kier molecular flexibility index (Phi) is 6.71. The molecule has 2 unspecified atom stereocenters. The summed E-state index contributed by atoms with van der Waals surface area (Å²) < 4.78 is 7.63. The Morgan fingerprint density at radius 1 is 1.15 bits per heavy atom. The second-order valence-electron chi connectivity index (χ2n) is 7.72. The Morgan fingerprint density at radius 3 is 2.78 bits per heavy atom. The van der Waals surface area contributed by atoms with Crippen molar-refractivity contribution in [2.45, 2.75) is 31.6 Å². The maximum absolute atomic E-state index is 12.1. The molecule has 0 radical (unpaired) electrons. The van der Waals surface area contributed by atoms with Crippen LogP contribution < -0.4 is 22.9 Å². The Morgan fingerprint density at radius 2 is 1.96 bits per heavy atom. The Hall–Kier alpha value is -1.66. The van der Waals surface area contributed by atoms with Crippen molar-refractivity contribution < 1.29 is 27.2 Å². The monoisotopic (exact) mass is 390 g/mol. The predicted octanol–water partition coefficient (Wildman–Crippen LogP) is -2.57. The molecular formula is C21H27ClN2O3. The molecule has 0 spiro atoms. The second kappa shape index (κ2) is 9.02. The minimum Gasteiger partial charge on any atom is -1.00 e. The van der Waals surface area contributed by atoms with Gasteiger partial charge in [-0.2, -0.15) is 0 Å². The number of quaternary nitrogens is 1. The molecule has 4 rings (SSSR count). The number of hydrogen-bond donors (Lipinski definition) is 2. The molecule has 4 atom stereocenters. The topological polar surface area (TPSA) is 55.9 Å². The van der Waals surface area contributed by atoms with Gasteiger partial charge in [0.05, 0.1) is 26.3 Å². The molecule has 3 heterocycles. The summed E-state index contributed by atoms with van der Waals surface area (Å²) in [6.07, 6.45) is 0.707. The first-order valence-electron chi connectivity index (χ1n) is 9.52. The third-order valence-corrected chi connectivity index (χ3v) is 5.62. The number of aliphatic hydroxyl groups is 1. The number of rotatable bonds is 6. The first kappa shape index (κ1) is 20.1. The molecule has 1 aromatic heterocycles. The standard InChI is InChI=1S/C21H26N2O3.ClH/c24-19(15-26-14-16-5-2-1-3-6-16)13-22-10-17-9-18(12-22)20-7-4-8-21(25)23(20)11-17;/h1-8,17-19,24H,9-15H2;1H/t17-,18-,19?;/m0./s1. The van der Waals surface area contributed by atoms with Crippen molar-refractivity contribution >= 4 is 0 Å². The van der Waals surface area contributed by atoms with E-state index >= 15 is 0 Å². The van der Waals surface area contributed by atoms with Gasteiger partial charge in [0, 0.05) is 30.1 Å². The van der Waals surface area contributed by atoms with Crippen LogP contribution in [0.2, 0.25) is 0 Å². The zero-order chi connectivity index (χ0) is 17.9. The Labute approximate surface area is 166 Å². The van der Waals surface area contributed by atoms with Crippen molar-refractivity contribution in [3.8, 4) is 0 Å². The van der Waals surface area contributed by atoms with E-state index in [1.165, 1.54) is 10.6 Å². The largest absolute Gasteiger partial charge is 1.00 e. The lowest BCUT2D eigenvalue weighted by atomic mass is 9.83. The third kappa shape index (κ3) is 4.79. The van der Waals surface area contributed by atoms with Gasteiger partial charge in [-0.3, -0.25) is 4.79 Å². The van der Waals surface area contributed by atoms with Crippen LogP contribution in [0.4, 0.5) is 0 Å². The van der Waals surface area contributed by atoms with Gasteiger partial charge in [-0.15, -0.1) is 0 Å². The van der Waals surface area contributed by atoms with Gasteiger partial charge in [-0.25, -0.2) is 0 Å². The van der Waals surface area contributed by atoms with Gasteiger partial charge in [0.15, 0.2) is 0 Å². The molecule has 2 aromatic rings. The van der Waals surface area contributed by atoms with E-state index < -0.39 is 6.10 Å². The SMILES string of the molecule is O=c1cccc2n1C[C@H]1C[C@H]2C[NH+](CC(O)COCc2ccccc2)C1.[Cl-]. The molecule has 0 saturated carbocycles. The summed E-state index contributed by atoms with van der Waals surface area (Å²) in [5.41, 5.74) is 2.41. The van der Waals surface area contributed by atoms with Crippen LogP contribution in [0.15, 0.2) is 53.3 Å². The van der Waals surface area contributed by atoms with Crippen LogP contribution in [-0.4, -0.2) is 42.0 Å². The molecule has 0 amide bonds. The minimum atomic E-state index is -0.453. The Bertz CT molecular complexity index is 796. The summed E-state index contributed by atoms with van der Waals surface area (Å²) in [5, 5.41) is 10.4. The first-order valence-corrected chi connectivity index (χ1v) is 9.52. The number of benzene rings is 1. The van der Waals surface area contributed by atoms with E-state index in [9.17, 15) is 9.90 Å². The summed E-state index contributed by atoms with van der Waals surface area (Å²) >= 11 is 0. The number of likely N-dealkylation sites (tertiary alicyclic amines) is 1. The summed E-state index contributed by atoms with van der Waals surface area (Å²) in [4.78, 5) is 13.5. The van der Waals surface area contributed by atoms with Gasteiger partial charge < -0.3 is 31.7 Å². The summed E-state index contributed by atoms with van der Waals surface area (Å²) in [6.45, 7) is 4.43. The number of fused-ring (bicyclic) bond motifs is 4. The number of ether oxygens (including phenoxy) is 1. The van der Waals surface area contributed by atoms with E-state index in [0.717, 1.165) is 31.6 Å². The van der Waals surface area contributed by atoms with Crippen molar-refractivity contribution in [1.82, 2.24) is 4.57 Å². The van der Waals surface area contributed by atoms with E-state index in [-0.39, 0.29) is 18.0 Å². The minimum absolute atomic E-state index is 0. The van der Waals surface area contributed by atoms with Gasteiger partial charge in [0.2, 0.25) is 0 Å². The fraction of sp³-hybridized carbons (Fsp3) is 0.476. The zero-order valence-electron chi connectivity index (χ0n) is 15.4. The number of halogens is 1. The number of pyridine rings is 1. The highest BCUT2D eigenvalue weighted by atomic mass is 35.5. The molecule has 1 fully saturated rings. The molecule has 0 aliphatic carbocycles. The lowest BCUT2D eigenvalue weighted by molar-refractivity contribution is -0.914. The highest BCUT2D eigenvalue weighted by Gasteiger charge is 2.37. The Balaban J connectivity index is 0.00000210. The van der Waals surface area contributed by atoms with Crippen molar-refractivity contribution in [1.29, 1.82) is 0 Å². The van der Waals surface area contributed by atoms with Gasteiger partial charge in [0.1, 0.15) is 12.6 Å². The van der Waals surface area contributed by atoms with Crippen molar-refractivity contribution in [3.63, 3.8) is 0 Å². The fourth-order valence-electron chi connectivity index (χ4n) is 4.57. The van der Waals surface area contributed by atoms with E-state index in [1.807, 2.05) is 41.0 Å². The van der Waals surface area contributed by atoms with Gasteiger partial charge in [-0.1, -0.05) is 36.4 Å². The molecule has 2 N–H and O–H groups in total. The highest BCUT2D eigenvalue weighted by Crippen LogP contribution is 2.29. The first-order chi connectivity index (χ1) is 12.7. The molecular weight excluding hydrogens is 364 g/mol.